The number of aromatic nitrogens is 3. The third-order valence-corrected chi connectivity index (χ3v) is 4.78. The first-order chi connectivity index (χ1) is 13.3. The molecule has 146 valence electrons. The highest BCUT2D eigenvalue weighted by molar-refractivity contribution is 5.79. The minimum absolute atomic E-state index is 0.159. The summed E-state index contributed by atoms with van der Waals surface area (Å²) in [4.78, 5) is 4.63. The van der Waals surface area contributed by atoms with Gasteiger partial charge in [-0.1, -0.05) is 24.6 Å². The molecule has 7 heteroatoms. The Kier molecular flexibility index (Phi) is 7.19. The molecule has 0 amide bonds. The van der Waals surface area contributed by atoms with E-state index >= 15 is 0 Å². The largest absolute Gasteiger partial charge is 0.357 e. The van der Waals surface area contributed by atoms with Gasteiger partial charge < -0.3 is 15.2 Å². The summed E-state index contributed by atoms with van der Waals surface area (Å²) in [5.41, 5.74) is 0.715. The van der Waals surface area contributed by atoms with E-state index in [9.17, 15) is 4.39 Å². The quantitative estimate of drug-likeness (QED) is 0.579. The standard InChI is InChI=1S/C20H29FN6/c1-2-22-20(23-13-11-16-8-5-6-9-17(16)21)24-14-12-19-26-25-18-10-4-3-7-15-27(18)19/h5-6,8-9H,2-4,7,10-15H2,1H3,(H2,22,23,24). The van der Waals surface area contributed by atoms with Gasteiger partial charge in [-0.2, -0.15) is 0 Å². The first-order valence-electron chi connectivity index (χ1n) is 9.94. The molecule has 0 atom stereocenters. The van der Waals surface area contributed by atoms with Gasteiger partial charge in [0.25, 0.3) is 0 Å². The van der Waals surface area contributed by atoms with Crippen LogP contribution in [-0.4, -0.2) is 40.4 Å². The topological polar surface area (TPSA) is 67.1 Å². The molecule has 2 aromatic rings. The molecule has 1 aliphatic rings. The van der Waals surface area contributed by atoms with Crippen molar-refractivity contribution in [1.29, 1.82) is 0 Å². The molecule has 0 saturated heterocycles. The number of aryl methyl sites for hydroxylation is 1. The van der Waals surface area contributed by atoms with Crippen LogP contribution in [0.1, 0.15) is 43.4 Å². The van der Waals surface area contributed by atoms with Gasteiger partial charge in [0.2, 0.25) is 0 Å². The monoisotopic (exact) mass is 372 g/mol. The average Bonchev–Trinajstić information content (AvgIpc) is 2.90. The highest BCUT2D eigenvalue weighted by Crippen LogP contribution is 2.14. The smallest absolute Gasteiger partial charge is 0.191 e. The zero-order valence-electron chi connectivity index (χ0n) is 16.0. The van der Waals surface area contributed by atoms with Crippen molar-refractivity contribution in [3.8, 4) is 0 Å². The Labute approximate surface area is 160 Å². The number of guanidine groups is 1. The lowest BCUT2D eigenvalue weighted by Gasteiger charge is -2.12. The molecule has 0 saturated carbocycles. The van der Waals surface area contributed by atoms with Crippen molar-refractivity contribution < 1.29 is 4.39 Å². The molecule has 0 aliphatic carbocycles. The van der Waals surface area contributed by atoms with Crippen LogP contribution in [0.25, 0.3) is 0 Å². The van der Waals surface area contributed by atoms with Crippen molar-refractivity contribution in [2.45, 2.75) is 52.0 Å². The summed E-state index contributed by atoms with van der Waals surface area (Å²) in [6, 6.07) is 6.89. The second kappa shape index (κ2) is 10.0. The Morgan fingerprint density at radius 1 is 1.15 bits per heavy atom. The van der Waals surface area contributed by atoms with E-state index in [1.807, 2.05) is 19.1 Å². The molecule has 0 fully saturated rings. The van der Waals surface area contributed by atoms with Gasteiger partial charge in [0.15, 0.2) is 5.96 Å². The summed E-state index contributed by atoms with van der Waals surface area (Å²) in [6.45, 7) is 5.11. The first kappa shape index (κ1) is 19.3. The van der Waals surface area contributed by atoms with Gasteiger partial charge in [-0.3, -0.25) is 4.99 Å². The fourth-order valence-corrected chi connectivity index (χ4v) is 3.36. The van der Waals surface area contributed by atoms with Crippen molar-refractivity contribution in [2.75, 3.05) is 19.6 Å². The highest BCUT2D eigenvalue weighted by atomic mass is 19.1. The van der Waals surface area contributed by atoms with Crippen molar-refractivity contribution in [3.05, 3.63) is 47.3 Å². The van der Waals surface area contributed by atoms with E-state index in [-0.39, 0.29) is 5.82 Å². The Bertz CT molecular complexity index is 755. The molecule has 0 spiro atoms. The van der Waals surface area contributed by atoms with E-state index in [4.69, 9.17) is 0 Å². The zero-order chi connectivity index (χ0) is 18.9. The molecule has 3 rings (SSSR count). The van der Waals surface area contributed by atoms with Crippen LogP contribution in [0, 0.1) is 5.82 Å². The van der Waals surface area contributed by atoms with E-state index in [1.54, 1.807) is 6.07 Å². The maximum atomic E-state index is 13.7. The predicted molar refractivity (Wildman–Crippen MR) is 105 cm³/mol. The molecule has 0 radical (unpaired) electrons. The van der Waals surface area contributed by atoms with Crippen LogP contribution in [0.2, 0.25) is 0 Å². The lowest BCUT2D eigenvalue weighted by molar-refractivity contribution is 0.603. The number of aliphatic imine (C=N–C) groups is 1. The summed E-state index contributed by atoms with van der Waals surface area (Å²) in [5.74, 6) is 2.73. The van der Waals surface area contributed by atoms with Crippen LogP contribution in [0.5, 0.6) is 0 Å². The molecule has 1 aromatic heterocycles. The molecular formula is C20H29FN6. The lowest BCUT2D eigenvalue weighted by Crippen LogP contribution is -2.38. The Hall–Kier alpha value is -2.44. The molecule has 0 unspecified atom stereocenters. The number of hydrogen-bond donors (Lipinski definition) is 2. The first-order valence-corrected chi connectivity index (χ1v) is 9.94. The second-order valence-electron chi connectivity index (χ2n) is 6.77. The maximum Gasteiger partial charge on any atom is 0.191 e. The minimum Gasteiger partial charge on any atom is -0.357 e. The fraction of sp³-hybridized carbons (Fsp3) is 0.550. The van der Waals surface area contributed by atoms with E-state index in [0.29, 0.717) is 25.1 Å². The molecule has 1 aliphatic heterocycles. The number of rotatable bonds is 7. The number of benzene rings is 1. The summed E-state index contributed by atoms with van der Waals surface area (Å²) < 4.78 is 16.0. The van der Waals surface area contributed by atoms with E-state index < -0.39 is 0 Å². The number of nitrogens with zero attached hydrogens (tertiary/aromatic N) is 4. The highest BCUT2D eigenvalue weighted by Gasteiger charge is 2.14. The Morgan fingerprint density at radius 2 is 2.04 bits per heavy atom. The van der Waals surface area contributed by atoms with Gasteiger partial charge in [0, 0.05) is 39.0 Å². The number of hydrogen-bond acceptors (Lipinski definition) is 3. The molecular weight excluding hydrogens is 343 g/mol. The zero-order valence-corrected chi connectivity index (χ0v) is 16.0. The summed E-state index contributed by atoms with van der Waals surface area (Å²) in [7, 11) is 0. The Balaban J connectivity index is 1.52. The number of nitrogens with one attached hydrogen (secondary N) is 2. The second-order valence-corrected chi connectivity index (χ2v) is 6.77. The molecule has 0 bridgehead atoms. The van der Waals surface area contributed by atoms with Crippen LogP contribution >= 0.6 is 0 Å². The molecule has 27 heavy (non-hydrogen) atoms. The number of halogens is 1. The molecule has 2 heterocycles. The maximum absolute atomic E-state index is 13.7. The van der Waals surface area contributed by atoms with Gasteiger partial charge in [-0.05, 0) is 37.8 Å². The van der Waals surface area contributed by atoms with Crippen LogP contribution in [-0.2, 0) is 25.8 Å². The van der Waals surface area contributed by atoms with Crippen LogP contribution in [0.3, 0.4) is 0 Å². The van der Waals surface area contributed by atoms with E-state index in [0.717, 1.165) is 43.5 Å². The molecule has 6 nitrogen and oxygen atoms in total. The van der Waals surface area contributed by atoms with Crippen molar-refractivity contribution >= 4 is 5.96 Å². The normalized spacial score (nSPS) is 14.5. The van der Waals surface area contributed by atoms with Gasteiger partial charge >= 0.3 is 0 Å². The fourth-order valence-electron chi connectivity index (χ4n) is 3.36. The third kappa shape index (κ3) is 5.52. The summed E-state index contributed by atoms with van der Waals surface area (Å²) in [5, 5.41) is 15.2. The van der Waals surface area contributed by atoms with Gasteiger partial charge in [-0.15, -0.1) is 10.2 Å². The van der Waals surface area contributed by atoms with E-state index in [1.165, 1.54) is 25.3 Å². The lowest BCUT2D eigenvalue weighted by atomic mass is 10.1. The van der Waals surface area contributed by atoms with Crippen LogP contribution in [0.4, 0.5) is 4.39 Å². The SMILES string of the molecule is CCNC(=NCCc1nnc2n1CCCCC2)NCCc1ccccc1F. The Morgan fingerprint density at radius 3 is 2.89 bits per heavy atom. The van der Waals surface area contributed by atoms with Crippen molar-refractivity contribution in [3.63, 3.8) is 0 Å². The molecule has 1 aromatic carbocycles. The van der Waals surface area contributed by atoms with Gasteiger partial charge in [-0.25, -0.2) is 4.39 Å². The third-order valence-electron chi connectivity index (χ3n) is 4.78. The van der Waals surface area contributed by atoms with Crippen molar-refractivity contribution in [1.82, 2.24) is 25.4 Å². The van der Waals surface area contributed by atoms with Crippen LogP contribution in [0.15, 0.2) is 29.3 Å². The summed E-state index contributed by atoms with van der Waals surface area (Å²) >= 11 is 0. The predicted octanol–water partition coefficient (Wildman–Crippen LogP) is 2.48. The van der Waals surface area contributed by atoms with Gasteiger partial charge in [0.05, 0.1) is 0 Å². The van der Waals surface area contributed by atoms with Crippen LogP contribution < -0.4 is 10.6 Å². The number of fused-ring (bicyclic) bond motifs is 1. The summed E-state index contributed by atoms with van der Waals surface area (Å²) in [6.07, 6.45) is 6.08. The molecule has 2 N–H and O–H groups in total. The average molecular weight is 372 g/mol. The van der Waals surface area contributed by atoms with E-state index in [2.05, 4.69) is 30.4 Å². The minimum atomic E-state index is -0.159. The van der Waals surface area contributed by atoms with Gasteiger partial charge in [0.1, 0.15) is 17.5 Å². The van der Waals surface area contributed by atoms with Crippen molar-refractivity contribution in [2.24, 2.45) is 4.99 Å².